The van der Waals surface area contributed by atoms with E-state index in [0.29, 0.717) is 6.54 Å². The molecule has 0 aliphatic heterocycles. The van der Waals surface area contributed by atoms with E-state index in [0.717, 1.165) is 17.7 Å². The minimum atomic E-state index is 0.265. The van der Waals surface area contributed by atoms with Crippen molar-refractivity contribution in [3.05, 3.63) is 65.7 Å². The molecule has 0 radical (unpaired) electrons. The summed E-state index contributed by atoms with van der Waals surface area (Å²) in [5.41, 5.74) is 7.92. The molecule has 114 valence electrons. The van der Waals surface area contributed by atoms with E-state index >= 15 is 0 Å². The lowest BCUT2D eigenvalue weighted by atomic mass is 10.1. The highest BCUT2D eigenvalue weighted by molar-refractivity contribution is 7.80. The first-order valence-electron chi connectivity index (χ1n) is 6.98. The third kappa shape index (κ3) is 4.86. The first-order valence-corrected chi connectivity index (χ1v) is 7.39. The molecule has 2 rings (SSSR count). The summed E-state index contributed by atoms with van der Waals surface area (Å²) in [6, 6.07) is 17.8. The van der Waals surface area contributed by atoms with Crippen LogP contribution in [0.3, 0.4) is 0 Å². The second-order valence-electron chi connectivity index (χ2n) is 4.71. The highest BCUT2D eigenvalue weighted by Gasteiger charge is 2.04. The number of rotatable bonds is 6. The van der Waals surface area contributed by atoms with Gasteiger partial charge in [0.2, 0.25) is 0 Å². The summed E-state index contributed by atoms with van der Waals surface area (Å²) < 4.78 is 5.12. The smallest absolute Gasteiger partial charge is 0.186 e. The lowest BCUT2D eigenvalue weighted by Gasteiger charge is -2.16. The molecule has 0 atom stereocenters. The van der Waals surface area contributed by atoms with Gasteiger partial charge in [-0.15, -0.1) is 0 Å². The van der Waals surface area contributed by atoms with Crippen LogP contribution in [0, 0.1) is 0 Å². The molecule has 0 aliphatic carbocycles. The van der Waals surface area contributed by atoms with E-state index in [4.69, 9.17) is 22.7 Å². The largest absolute Gasteiger partial charge is 0.497 e. The van der Waals surface area contributed by atoms with Crippen LogP contribution in [-0.4, -0.2) is 30.0 Å². The van der Waals surface area contributed by atoms with Crippen molar-refractivity contribution in [2.75, 3.05) is 13.7 Å². The molecule has 0 fully saturated rings. The topological polar surface area (TPSA) is 50.8 Å². The van der Waals surface area contributed by atoms with Gasteiger partial charge in [-0.2, -0.15) is 5.10 Å². The lowest BCUT2D eigenvalue weighted by molar-refractivity contribution is 0.415. The average Bonchev–Trinajstić information content (AvgIpc) is 2.56. The maximum absolute atomic E-state index is 5.73. The van der Waals surface area contributed by atoms with Crippen molar-refractivity contribution in [1.82, 2.24) is 5.01 Å². The number of hydrogen-bond donors (Lipinski definition) is 1. The molecule has 0 aromatic heterocycles. The summed E-state index contributed by atoms with van der Waals surface area (Å²) in [5.74, 6) is 0.812. The van der Waals surface area contributed by atoms with Crippen LogP contribution >= 0.6 is 12.2 Å². The lowest BCUT2D eigenvalue weighted by Crippen LogP contribution is -2.32. The normalized spacial score (nSPS) is 10.6. The summed E-state index contributed by atoms with van der Waals surface area (Å²) in [6.45, 7) is 0.645. The van der Waals surface area contributed by atoms with Gasteiger partial charge in [0.25, 0.3) is 0 Å². The van der Waals surface area contributed by atoms with Gasteiger partial charge in [0.15, 0.2) is 5.11 Å². The van der Waals surface area contributed by atoms with E-state index < -0.39 is 0 Å². The van der Waals surface area contributed by atoms with Crippen molar-refractivity contribution in [2.24, 2.45) is 10.8 Å². The van der Waals surface area contributed by atoms with E-state index in [9.17, 15) is 0 Å². The summed E-state index contributed by atoms with van der Waals surface area (Å²) in [6.07, 6.45) is 2.57. The van der Waals surface area contributed by atoms with Crippen LogP contribution in [0.2, 0.25) is 0 Å². The Labute approximate surface area is 136 Å². The van der Waals surface area contributed by atoms with Gasteiger partial charge in [-0.25, -0.2) is 5.01 Å². The number of nitrogens with zero attached hydrogens (tertiary/aromatic N) is 2. The predicted octanol–water partition coefficient (Wildman–Crippen LogP) is 2.82. The highest BCUT2D eigenvalue weighted by atomic mass is 32.1. The number of hydrazone groups is 1. The standard InChI is InChI=1S/C17H19N3OS/c1-21-16-9-7-15(8-10-16)13-19-20(17(18)22)12-11-14-5-3-2-4-6-14/h2-10,13H,11-12H2,1H3,(H2,18,22)/b19-13+. The molecule has 0 heterocycles. The van der Waals surface area contributed by atoms with Gasteiger partial charge in [0, 0.05) is 6.54 Å². The fourth-order valence-corrected chi connectivity index (χ4v) is 2.07. The monoisotopic (exact) mass is 313 g/mol. The molecule has 0 aliphatic rings. The SMILES string of the molecule is COc1ccc(/C=N/N(CCc2ccccc2)C(N)=S)cc1. The van der Waals surface area contributed by atoms with Gasteiger partial charge in [0.05, 0.1) is 13.3 Å². The third-order valence-electron chi connectivity index (χ3n) is 3.17. The molecule has 0 saturated heterocycles. The number of hydrogen-bond acceptors (Lipinski definition) is 3. The van der Waals surface area contributed by atoms with Crippen LogP contribution in [0.25, 0.3) is 0 Å². The van der Waals surface area contributed by atoms with Gasteiger partial charge in [-0.3, -0.25) is 0 Å². The molecule has 2 N–H and O–H groups in total. The number of benzene rings is 2. The van der Waals surface area contributed by atoms with Crippen molar-refractivity contribution >= 4 is 23.5 Å². The van der Waals surface area contributed by atoms with Crippen LogP contribution in [-0.2, 0) is 6.42 Å². The minimum Gasteiger partial charge on any atom is -0.497 e. The highest BCUT2D eigenvalue weighted by Crippen LogP contribution is 2.10. The Morgan fingerprint density at radius 2 is 1.86 bits per heavy atom. The number of thiocarbonyl (C=S) groups is 1. The molecule has 22 heavy (non-hydrogen) atoms. The first-order chi connectivity index (χ1) is 10.7. The Bertz CT molecular complexity index is 626. The van der Waals surface area contributed by atoms with Crippen molar-refractivity contribution in [3.8, 4) is 5.75 Å². The molecule has 5 heteroatoms. The Morgan fingerprint density at radius 3 is 2.45 bits per heavy atom. The van der Waals surface area contributed by atoms with Crippen LogP contribution in [0.5, 0.6) is 5.75 Å². The van der Waals surface area contributed by atoms with Crippen molar-refractivity contribution in [3.63, 3.8) is 0 Å². The quantitative estimate of drug-likeness (QED) is 0.506. The Balaban J connectivity index is 1.98. The molecule has 0 unspecified atom stereocenters. The maximum atomic E-state index is 5.73. The van der Waals surface area contributed by atoms with Crippen molar-refractivity contribution < 1.29 is 4.74 Å². The molecule has 0 spiro atoms. The second kappa shape index (κ2) is 8.14. The number of nitrogens with two attached hydrogens (primary N) is 1. The second-order valence-corrected chi connectivity index (χ2v) is 5.13. The van der Waals surface area contributed by atoms with Crippen LogP contribution in [0.1, 0.15) is 11.1 Å². The number of methoxy groups -OCH3 is 1. The van der Waals surface area contributed by atoms with E-state index in [-0.39, 0.29) is 5.11 Å². The zero-order chi connectivity index (χ0) is 15.8. The van der Waals surface area contributed by atoms with E-state index in [1.807, 2.05) is 42.5 Å². The third-order valence-corrected chi connectivity index (χ3v) is 3.38. The van der Waals surface area contributed by atoms with Gasteiger partial charge in [0.1, 0.15) is 5.75 Å². The maximum Gasteiger partial charge on any atom is 0.186 e. The average molecular weight is 313 g/mol. The Hall–Kier alpha value is -2.40. The molecule has 0 amide bonds. The molecule has 0 bridgehead atoms. The number of ether oxygens (including phenoxy) is 1. The van der Waals surface area contributed by atoms with Crippen LogP contribution < -0.4 is 10.5 Å². The van der Waals surface area contributed by atoms with E-state index in [1.165, 1.54) is 5.56 Å². The Kier molecular flexibility index (Phi) is 5.91. The van der Waals surface area contributed by atoms with Gasteiger partial charge in [-0.1, -0.05) is 30.3 Å². The Morgan fingerprint density at radius 1 is 1.18 bits per heavy atom. The van der Waals surface area contributed by atoms with Crippen LogP contribution in [0.15, 0.2) is 59.7 Å². The van der Waals surface area contributed by atoms with Crippen molar-refractivity contribution in [2.45, 2.75) is 6.42 Å². The molecule has 0 saturated carbocycles. The summed E-state index contributed by atoms with van der Waals surface area (Å²) in [7, 11) is 1.64. The van der Waals surface area contributed by atoms with Gasteiger partial charge >= 0.3 is 0 Å². The first kappa shape index (κ1) is 16.0. The van der Waals surface area contributed by atoms with Crippen LogP contribution in [0.4, 0.5) is 0 Å². The fourth-order valence-electron chi connectivity index (χ4n) is 1.93. The fraction of sp³-hybridized carbons (Fsp3) is 0.176. The van der Waals surface area contributed by atoms with Crippen molar-refractivity contribution in [1.29, 1.82) is 0 Å². The zero-order valence-corrected chi connectivity index (χ0v) is 13.3. The summed E-state index contributed by atoms with van der Waals surface area (Å²) >= 11 is 5.06. The molecule has 4 nitrogen and oxygen atoms in total. The predicted molar refractivity (Wildman–Crippen MR) is 94.2 cm³/mol. The van der Waals surface area contributed by atoms with E-state index in [1.54, 1.807) is 18.3 Å². The minimum absolute atomic E-state index is 0.265. The molecule has 2 aromatic rings. The van der Waals surface area contributed by atoms with Gasteiger partial charge < -0.3 is 10.5 Å². The van der Waals surface area contributed by atoms with Gasteiger partial charge in [-0.05, 0) is 54.0 Å². The molecular weight excluding hydrogens is 294 g/mol. The molecule has 2 aromatic carbocycles. The zero-order valence-electron chi connectivity index (χ0n) is 12.5. The summed E-state index contributed by atoms with van der Waals surface area (Å²) in [5, 5.41) is 6.26. The molecular formula is C17H19N3OS. The summed E-state index contributed by atoms with van der Waals surface area (Å²) in [4.78, 5) is 0. The van der Waals surface area contributed by atoms with E-state index in [2.05, 4.69) is 17.2 Å².